The monoisotopic (exact) mass is 571 g/mol. The third-order valence-electron chi connectivity index (χ3n) is 7.63. The molecule has 0 bridgehead atoms. The zero-order valence-electron chi connectivity index (χ0n) is 23.2. The summed E-state index contributed by atoms with van der Waals surface area (Å²) in [6.45, 7) is 1.54. The SMILES string of the molecule is O=C(O)CN1CCN(CC(=O)O)CCN(C(CCC(=O)NCC2CCCCC2)C(=O)O)CCN(CC(=O)O)CC1. The van der Waals surface area contributed by atoms with Crippen LogP contribution in [0.1, 0.15) is 44.9 Å². The molecule has 0 aromatic rings. The Labute approximate surface area is 234 Å². The molecule has 0 radical (unpaired) electrons. The highest BCUT2D eigenvalue weighted by molar-refractivity contribution is 5.78. The standard InChI is InChI=1S/C26H45N5O9/c32-22(27-16-20-4-2-1-3-5-20)7-6-21(26(39)40)31-14-12-29(18-24(35)36)10-8-28(17-23(33)34)9-11-30(13-15-31)19-25(37)38/h20-21H,1-19H2,(H,27,32)(H,33,34)(H,35,36)(H,37,38)(H,39,40). The van der Waals surface area contributed by atoms with Gasteiger partial charge in [0.05, 0.1) is 19.6 Å². The van der Waals surface area contributed by atoms with Crippen LogP contribution < -0.4 is 5.32 Å². The number of carbonyl (C=O) groups is 5. The summed E-state index contributed by atoms with van der Waals surface area (Å²) in [6.07, 6.45) is 5.80. The van der Waals surface area contributed by atoms with Gasteiger partial charge in [-0.3, -0.25) is 43.6 Å². The number of nitrogens with zero attached hydrogens (tertiary/aromatic N) is 4. The zero-order valence-corrected chi connectivity index (χ0v) is 23.2. The van der Waals surface area contributed by atoms with Crippen molar-refractivity contribution in [3.05, 3.63) is 0 Å². The molecular formula is C26H45N5O9. The van der Waals surface area contributed by atoms with Crippen LogP contribution in [0.4, 0.5) is 0 Å². The minimum absolute atomic E-state index is 0.0298. The lowest BCUT2D eigenvalue weighted by atomic mass is 9.89. The molecule has 1 saturated carbocycles. The van der Waals surface area contributed by atoms with Gasteiger partial charge >= 0.3 is 23.9 Å². The first-order chi connectivity index (χ1) is 19.0. The molecule has 2 rings (SSSR count). The summed E-state index contributed by atoms with van der Waals surface area (Å²) in [6, 6.07) is -1.01. The van der Waals surface area contributed by atoms with Crippen LogP contribution >= 0.6 is 0 Å². The fraction of sp³-hybridized carbons (Fsp3) is 0.808. The number of aliphatic carboxylic acids is 4. The normalized spacial score (nSPS) is 20.6. The van der Waals surface area contributed by atoms with Crippen molar-refractivity contribution in [2.45, 2.75) is 51.0 Å². The summed E-state index contributed by atoms with van der Waals surface area (Å²) in [5.74, 6) is -4.00. The van der Waals surface area contributed by atoms with Crippen molar-refractivity contribution in [3.63, 3.8) is 0 Å². The molecular weight excluding hydrogens is 526 g/mol. The van der Waals surface area contributed by atoms with Crippen molar-refractivity contribution in [1.29, 1.82) is 0 Å². The third kappa shape index (κ3) is 13.5. The number of hydrogen-bond donors (Lipinski definition) is 5. The Kier molecular flexibility index (Phi) is 14.9. The lowest BCUT2D eigenvalue weighted by molar-refractivity contribution is -0.145. The smallest absolute Gasteiger partial charge is 0.320 e. The van der Waals surface area contributed by atoms with Crippen molar-refractivity contribution in [2.24, 2.45) is 5.92 Å². The maximum absolute atomic E-state index is 12.5. The molecule has 5 N–H and O–H groups in total. The Hall–Kier alpha value is -2.81. The molecule has 14 heteroatoms. The number of rotatable bonds is 13. The van der Waals surface area contributed by atoms with Crippen molar-refractivity contribution >= 4 is 29.8 Å². The van der Waals surface area contributed by atoms with Crippen LogP contribution in [-0.4, -0.2) is 154 Å². The molecule has 1 heterocycles. The van der Waals surface area contributed by atoms with Crippen molar-refractivity contribution in [1.82, 2.24) is 24.9 Å². The Morgan fingerprint density at radius 1 is 0.650 bits per heavy atom. The molecule has 0 aromatic carbocycles. The molecule has 0 aromatic heterocycles. The Balaban J connectivity index is 2.11. The Morgan fingerprint density at radius 2 is 1.07 bits per heavy atom. The van der Waals surface area contributed by atoms with Gasteiger partial charge in [-0.15, -0.1) is 0 Å². The molecule has 2 fully saturated rings. The van der Waals surface area contributed by atoms with E-state index in [-0.39, 0.29) is 90.7 Å². The topological polar surface area (TPSA) is 191 Å². The van der Waals surface area contributed by atoms with Crippen LogP contribution in [0.2, 0.25) is 0 Å². The number of amides is 1. The van der Waals surface area contributed by atoms with Crippen molar-refractivity contribution < 1.29 is 44.4 Å². The number of carboxylic acid groups (broad SMARTS) is 4. The van der Waals surface area contributed by atoms with E-state index in [0.717, 1.165) is 25.7 Å². The van der Waals surface area contributed by atoms with Gasteiger partial charge in [0.25, 0.3) is 0 Å². The first-order valence-electron chi connectivity index (χ1n) is 14.1. The molecule has 228 valence electrons. The summed E-state index contributed by atoms with van der Waals surface area (Å²) in [5.41, 5.74) is 0. The lowest BCUT2D eigenvalue weighted by Crippen LogP contribution is -2.52. The highest BCUT2D eigenvalue weighted by atomic mass is 16.4. The second-order valence-electron chi connectivity index (χ2n) is 10.7. The van der Waals surface area contributed by atoms with E-state index < -0.39 is 29.9 Å². The first kappa shape index (κ1) is 33.4. The highest BCUT2D eigenvalue weighted by Gasteiger charge is 2.28. The van der Waals surface area contributed by atoms with Crippen LogP contribution in [0.3, 0.4) is 0 Å². The molecule has 2 aliphatic rings. The summed E-state index contributed by atoms with van der Waals surface area (Å²) in [4.78, 5) is 65.7. The maximum Gasteiger partial charge on any atom is 0.320 e. The molecule has 1 unspecified atom stereocenters. The lowest BCUT2D eigenvalue weighted by Gasteiger charge is -2.35. The van der Waals surface area contributed by atoms with Crippen LogP contribution in [0.15, 0.2) is 0 Å². The Bertz CT molecular complexity index is 820. The fourth-order valence-corrected chi connectivity index (χ4v) is 5.38. The van der Waals surface area contributed by atoms with Gasteiger partial charge in [0.1, 0.15) is 6.04 Å². The number of carbonyl (C=O) groups excluding carboxylic acids is 1. The number of nitrogens with one attached hydrogen (secondary N) is 1. The minimum Gasteiger partial charge on any atom is -0.480 e. The van der Waals surface area contributed by atoms with Crippen molar-refractivity contribution in [3.8, 4) is 0 Å². The van der Waals surface area contributed by atoms with Crippen molar-refractivity contribution in [2.75, 3.05) is 78.5 Å². The first-order valence-corrected chi connectivity index (χ1v) is 14.1. The second kappa shape index (κ2) is 17.8. The van der Waals surface area contributed by atoms with Gasteiger partial charge in [-0.1, -0.05) is 19.3 Å². The number of hydrogen-bond acceptors (Lipinski definition) is 9. The molecule has 1 aliphatic heterocycles. The molecule has 14 nitrogen and oxygen atoms in total. The Morgan fingerprint density at radius 3 is 1.48 bits per heavy atom. The fourth-order valence-electron chi connectivity index (χ4n) is 5.38. The van der Waals surface area contributed by atoms with Crippen LogP contribution in [-0.2, 0) is 24.0 Å². The summed E-state index contributed by atoms with van der Waals surface area (Å²) in [5, 5.41) is 41.0. The average Bonchev–Trinajstić information content (AvgIpc) is 2.88. The maximum atomic E-state index is 12.5. The van der Waals surface area contributed by atoms with Gasteiger partial charge in [-0.2, -0.15) is 0 Å². The molecule has 1 atom stereocenters. The van der Waals surface area contributed by atoms with E-state index in [1.165, 1.54) is 6.42 Å². The summed E-state index contributed by atoms with van der Waals surface area (Å²) < 4.78 is 0. The largest absolute Gasteiger partial charge is 0.480 e. The highest BCUT2D eigenvalue weighted by Crippen LogP contribution is 2.22. The third-order valence-corrected chi connectivity index (χ3v) is 7.63. The van der Waals surface area contributed by atoms with Gasteiger partial charge in [-0.25, -0.2) is 0 Å². The van der Waals surface area contributed by atoms with E-state index in [0.29, 0.717) is 12.5 Å². The summed E-state index contributed by atoms with van der Waals surface area (Å²) in [7, 11) is 0. The molecule has 1 saturated heterocycles. The second-order valence-corrected chi connectivity index (χ2v) is 10.7. The molecule has 1 amide bonds. The number of carboxylic acids is 4. The summed E-state index contributed by atoms with van der Waals surface area (Å²) >= 11 is 0. The van der Waals surface area contributed by atoms with Gasteiger partial charge in [0.15, 0.2) is 0 Å². The molecule has 1 aliphatic carbocycles. The van der Waals surface area contributed by atoms with E-state index in [1.54, 1.807) is 19.6 Å². The van der Waals surface area contributed by atoms with Gasteiger partial charge in [-0.05, 0) is 25.2 Å². The van der Waals surface area contributed by atoms with Gasteiger partial charge in [0.2, 0.25) is 5.91 Å². The van der Waals surface area contributed by atoms with Crippen LogP contribution in [0.5, 0.6) is 0 Å². The van der Waals surface area contributed by atoms with E-state index in [9.17, 15) is 44.4 Å². The quantitative estimate of drug-likeness (QED) is 0.188. The van der Waals surface area contributed by atoms with Crippen LogP contribution in [0, 0.1) is 5.92 Å². The molecule has 0 spiro atoms. The predicted molar refractivity (Wildman–Crippen MR) is 144 cm³/mol. The van der Waals surface area contributed by atoms with E-state index >= 15 is 0 Å². The van der Waals surface area contributed by atoms with Crippen LogP contribution in [0.25, 0.3) is 0 Å². The zero-order chi connectivity index (χ0) is 29.5. The van der Waals surface area contributed by atoms with E-state index in [2.05, 4.69) is 5.32 Å². The van der Waals surface area contributed by atoms with Gasteiger partial charge < -0.3 is 25.7 Å². The average molecular weight is 572 g/mol. The van der Waals surface area contributed by atoms with E-state index in [1.807, 2.05) is 0 Å². The van der Waals surface area contributed by atoms with Gasteiger partial charge in [0, 0.05) is 65.3 Å². The predicted octanol–water partition coefficient (Wildman–Crippen LogP) is -0.608. The van der Waals surface area contributed by atoms with E-state index in [4.69, 9.17) is 0 Å². The molecule has 40 heavy (non-hydrogen) atoms. The minimum atomic E-state index is -1.10.